The molecule has 2 aromatic carbocycles. The minimum Gasteiger partial charge on any atom is -0.327 e. The molecule has 0 radical (unpaired) electrons. The largest absolute Gasteiger partial charge is 0.416 e. The molecule has 5 nitrogen and oxygen atoms in total. The van der Waals surface area contributed by atoms with E-state index >= 15 is 0 Å². The van der Waals surface area contributed by atoms with Crippen LogP contribution in [-0.4, -0.2) is 30.7 Å². The molecule has 1 atom stereocenters. The molecule has 1 aliphatic rings. The molecule has 31 heavy (non-hydrogen) atoms. The number of carbonyl (C=O) groups excluding carboxylic acids is 2. The molecule has 0 saturated carbocycles. The first kappa shape index (κ1) is 22.5. The molecule has 0 aliphatic carbocycles. The average molecular weight is 431 g/mol. The first-order chi connectivity index (χ1) is 14.6. The second-order valence-electron chi connectivity index (χ2n) is 7.75. The van der Waals surface area contributed by atoms with E-state index in [1.165, 1.54) is 17.0 Å². The van der Waals surface area contributed by atoms with Gasteiger partial charge < -0.3 is 10.2 Å². The molecule has 1 aliphatic heterocycles. The van der Waals surface area contributed by atoms with Crippen LogP contribution in [0.1, 0.15) is 37.0 Å². The molecule has 1 heterocycles. The van der Waals surface area contributed by atoms with Crippen molar-refractivity contribution in [2.75, 3.05) is 11.9 Å². The van der Waals surface area contributed by atoms with Gasteiger partial charge >= 0.3 is 6.18 Å². The second kappa shape index (κ2) is 8.91. The van der Waals surface area contributed by atoms with Crippen LogP contribution in [-0.2, 0) is 22.2 Å². The molecular weight excluding hydrogens is 407 g/mol. The van der Waals surface area contributed by atoms with E-state index < -0.39 is 23.8 Å². The highest BCUT2D eigenvalue weighted by Gasteiger charge is 2.31. The number of aliphatic imine (C=N–C) groups is 1. The van der Waals surface area contributed by atoms with Crippen molar-refractivity contribution < 1.29 is 22.8 Å². The molecule has 1 unspecified atom stereocenters. The maximum atomic E-state index is 12.9. The fourth-order valence-electron chi connectivity index (χ4n) is 3.45. The van der Waals surface area contributed by atoms with Gasteiger partial charge in [0.25, 0.3) is 5.91 Å². The molecule has 0 fully saturated rings. The third kappa shape index (κ3) is 5.13. The molecule has 1 N–H and O–H groups in total. The van der Waals surface area contributed by atoms with E-state index in [-0.39, 0.29) is 24.7 Å². The summed E-state index contributed by atoms with van der Waals surface area (Å²) in [5, 5.41) is 2.67. The topological polar surface area (TPSA) is 61.8 Å². The van der Waals surface area contributed by atoms with Gasteiger partial charge in [0, 0.05) is 24.7 Å². The number of benzodiazepines with no additional fused rings is 1. The minimum absolute atomic E-state index is 0.0261. The van der Waals surface area contributed by atoms with E-state index in [1.807, 2.05) is 38.1 Å². The number of amides is 2. The fraction of sp³-hybridized carbons (Fsp3) is 0.348. The van der Waals surface area contributed by atoms with Crippen LogP contribution in [0, 0.1) is 5.92 Å². The number of carbonyl (C=O) groups is 2. The van der Waals surface area contributed by atoms with Gasteiger partial charge in [0.1, 0.15) is 0 Å². The van der Waals surface area contributed by atoms with Crippen molar-refractivity contribution in [3.8, 4) is 0 Å². The van der Waals surface area contributed by atoms with E-state index in [9.17, 15) is 22.8 Å². The number of para-hydroxylation sites is 1. The first-order valence-electron chi connectivity index (χ1n) is 9.98. The highest BCUT2D eigenvalue weighted by Crippen LogP contribution is 2.29. The van der Waals surface area contributed by atoms with Crippen molar-refractivity contribution in [1.29, 1.82) is 0 Å². The number of hydrogen-bond acceptors (Lipinski definition) is 3. The highest BCUT2D eigenvalue weighted by atomic mass is 19.4. The zero-order valence-electron chi connectivity index (χ0n) is 17.5. The number of likely N-dealkylation sites (N-methyl/N-ethyl adjacent to an activating group) is 1. The molecule has 2 amide bonds. The predicted octanol–water partition coefficient (Wildman–Crippen LogP) is 4.20. The Labute approximate surface area is 179 Å². The molecule has 2 aromatic rings. The number of halogens is 3. The number of alkyl halides is 3. The molecule has 0 spiro atoms. The monoisotopic (exact) mass is 431 g/mol. The summed E-state index contributed by atoms with van der Waals surface area (Å²) in [6.07, 6.45) is -5.18. The normalized spacial score (nSPS) is 16.6. The van der Waals surface area contributed by atoms with Gasteiger partial charge in [-0.05, 0) is 36.1 Å². The van der Waals surface area contributed by atoms with Crippen LogP contribution in [0.2, 0.25) is 0 Å². The number of hydrogen-bond donors (Lipinski definition) is 1. The van der Waals surface area contributed by atoms with Crippen LogP contribution in [0.15, 0.2) is 53.5 Å². The lowest BCUT2D eigenvalue weighted by Gasteiger charge is -2.21. The summed E-state index contributed by atoms with van der Waals surface area (Å²) in [5.41, 5.74) is 2.16. The third-order valence-corrected chi connectivity index (χ3v) is 5.14. The van der Waals surface area contributed by atoms with Gasteiger partial charge in [-0.25, -0.2) is 0 Å². The predicted molar refractivity (Wildman–Crippen MR) is 113 cm³/mol. The van der Waals surface area contributed by atoms with E-state index in [1.54, 1.807) is 7.05 Å². The van der Waals surface area contributed by atoms with Crippen molar-refractivity contribution >= 4 is 23.2 Å². The van der Waals surface area contributed by atoms with Gasteiger partial charge in [0.2, 0.25) is 12.1 Å². The number of fused-ring (bicyclic) bond motifs is 1. The van der Waals surface area contributed by atoms with Gasteiger partial charge in [-0.3, -0.25) is 14.6 Å². The minimum atomic E-state index is -4.40. The smallest absolute Gasteiger partial charge is 0.327 e. The van der Waals surface area contributed by atoms with Crippen LogP contribution < -0.4 is 10.2 Å². The summed E-state index contributed by atoms with van der Waals surface area (Å²) < 4.78 is 38.0. The Balaban J connectivity index is 1.72. The lowest BCUT2D eigenvalue weighted by Crippen LogP contribution is -2.46. The van der Waals surface area contributed by atoms with E-state index in [2.05, 4.69) is 10.3 Å². The Bertz CT molecular complexity index is 998. The Hall–Kier alpha value is -3.16. The van der Waals surface area contributed by atoms with Crippen molar-refractivity contribution in [3.05, 3.63) is 65.2 Å². The lowest BCUT2D eigenvalue weighted by atomic mass is 9.98. The van der Waals surface area contributed by atoms with E-state index in [0.29, 0.717) is 5.56 Å². The molecule has 0 bridgehead atoms. The van der Waals surface area contributed by atoms with Crippen LogP contribution in [0.25, 0.3) is 0 Å². The molecular formula is C23H24F3N3O2. The summed E-state index contributed by atoms with van der Waals surface area (Å²) in [5.74, 6) is -0.720. The quantitative estimate of drug-likeness (QED) is 0.771. The molecule has 164 valence electrons. The number of rotatable bonds is 5. The third-order valence-electron chi connectivity index (χ3n) is 5.14. The van der Waals surface area contributed by atoms with Crippen LogP contribution in [0.5, 0.6) is 0 Å². The summed E-state index contributed by atoms with van der Waals surface area (Å²) in [6.45, 7) is 3.93. The Morgan fingerprint density at radius 1 is 1.13 bits per heavy atom. The van der Waals surface area contributed by atoms with Crippen LogP contribution >= 0.6 is 0 Å². The van der Waals surface area contributed by atoms with Gasteiger partial charge in [-0.15, -0.1) is 0 Å². The van der Waals surface area contributed by atoms with Crippen LogP contribution in [0.4, 0.5) is 18.9 Å². The first-order valence-corrected chi connectivity index (χ1v) is 9.98. The molecule has 3 rings (SSSR count). The highest BCUT2D eigenvalue weighted by molar-refractivity contribution is 6.13. The lowest BCUT2D eigenvalue weighted by molar-refractivity contribution is -0.137. The van der Waals surface area contributed by atoms with Gasteiger partial charge in [0.05, 0.1) is 11.3 Å². The van der Waals surface area contributed by atoms with Crippen molar-refractivity contribution in [3.63, 3.8) is 0 Å². The second-order valence-corrected chi connectivity index (χ2v) is 7.75. The molecule has 8 heteroatoms. The fourth-order valence-corrected chi connectivity index (χ4v) is 3.45. The zero-order chi connectivity index (χ0) is 22.8. The Morgan fingerprint density at radius 3 is 2.39 bits per heavy atom. The van der Waals surface area contributed by atoms with Crippen molar-refractivity contribution in [2.24, 2.45) is 10.9 Å². The van der Waals surface area contributed by atoms with Crippen LogP contribution in [0.3, 0.4) is 0 Å². The average Bonchev–Trinajstić information content (AvgIpc) is 2.83. The number of nitrogens with zero attached hydrogens (tertiary/aromatic N) is 2. The summed E-state index contributed by atoms with van der Waals surface area (Å²) >= 11 is 0. The number of benzene rings is 2. The van der Waals surface area contributed by atoms with E-state index in [4.69, 9.17) is 0 Å². The Morgan fingerprint density at radius 2 is 1.77 bits per heavy atom. The van der Waals surface area contributed by atoms with E-state index in [0.717, 1.165) is 29.1 Å². The molecule has 0 saturated heterocycles. The molecule has 0 aromatic heterocycles. The maximum absolute atomic E-state index is 12.9. The van der Waals surface area contributed by atoms with Gasteiger partial charge in [0.15, 0.2) is 0 Å². The standard InChI is InChI=1S/C23H24F3N3O2/c1-14(2)20-17-6-4-5-7-18(17)29(3)22(31)21(28-20)27-19(30)13-10-15-8-11-16(12-9-15)23(24,25)26/h4-9,11-12,14,21H,10,13H2,1-3H3,(H,27,30). The van der Waals surface area contributed by atoms with Crippen molar-refractivity contribution in [1.82, 2.24) is 5.32 Å². The van der Waals surface area contributed by atoms with Crippen molar-refractivity contribution in [2.45, 2.75) is 39.0 Å². The van der Waals surface area contributed by atoms with Gasteiger partial charge in [-0.1, -0.05) is 44.2 Å². The van der Waals surface area contributed by atoms with Gasteiger partial charge in [-0.2, -0.15) is 13.2 Å². The summed E-state index contributed by atoms with van der Waals surface area (Å²) in [4.78, 5) is 31.4. The number of aryl methyl sites for hydroxylation is 1. The summed E-state index contributed by atoms with van der Waals surface area (Å²) in [6, 6.07) is 12.1. The summed E-state index contributed by atoms with van der Waals surface area (Å²) in [7, 11) is 1.64. The number of nitrogens with one attached hydrogen (secondary N) is 1. The zero-order valence-corrected chi connectivity index (χ0v) is 17.5. The Kier molecular flexibility index (Phi) is 6.48. The SMILES string of the molecule is CC(C)C1=NC(NC(=O)CCc2ccc(C(F)(F)F)cc2)C(=O)N(C)c2ccccc21. The number of anilines is 1. The maximum Gasteiger partial charge on any atom is 0.416 e.